The molecular weight excluding hydrogens is 354 g/mol. The Morgan fingerprint density at radius 2 is 1.76 bits per heavy atom. The summed E-state index contributed by atoms with van der Waals surface area (Å²) >= 11 is 3.30. The van der Waals surface area contributed by atoms with E-state index in [9.17, 15) is 8.42 Å². The number of nitrogens with one attached hydrogen (secondary N) is 1. The third-order valence-electron chi connectivity index (χ3n) is 2.81. The fourth-order valence-corrected chi connectivity index (χ4v) is 4.45. The predicted octanol–water partition coefficient (Wildman–Crippen LogP) is 3.19. The topological polar surface area (TPSA) is 62.3 Å². The lowest BCUT2D eigenvalue weighted by Crippen LogP contribution is -2.37. The molecule has 7 heteroatoms. The summed E-state index contributed by atoms with van der Waals surface area (Å²) in [5.74, 6) is 0.893. The highest BCUT2D eigenvalue weighted by Crippen LogP contribution is 2.26. The van der Waals surface area contributed by atoms with Crippen LogP contribution in [0.5, 0.6) is 0 Å². The lowest BCUT2D eigenvalue weighted by atomic mass is 10.2. The molecule has 0 bridgehead atoms. The summed E-state index contributed by atoms with van der Waals surface area (Å²) in [6.07, 6.45) is 1.58. The summed E-state index contributed by atoms with van der Waals surface area (Å²) in [4.78, 5) is 4.35. The van der Waals surface area contributed by atoms with Crippen LogP contribution in [-0.2, 0) is 10.0 Å². The molecule has 0 aliphatic carbocycles. The third kappa shape index (κ3) is 4.93. The van der Waals surface area contributed by atoms with Gasteiger partial charge in [0.25, 0.3) is 0 Å². The fourth-order valence-electron chi connectivity index (χ4n) is 2.03. The second kappa shape index (κ2) is 7.56. The van der Waals surface area contributed by atoms with E-state index >= 15 is 0 Å². The van der Waals surface area contributed by atoms with Crippen LogP contribution in [0.25, 0.3) is 0 Å². The zero-order valence-corrected chi connectivity index (χ0v) is 15.6. The molecule has 0 aliphatic rings. The standard InChI is InChI=1S/C14H24BrN3O2S/c1-10(2)8-18(9-11(3)4)21(19,20)13-6-12(15)7-17-14(13)16-5/h6-7,10-11H,8-9H2,1-5H3,(H,16,17). The summed E-state index contributed by atoms with van der Waals surface area (Å²) in [5, 5.41) is 2.85. The number of halogens is 1. The van der Waals surface area contributed by atoms with Gasteiger partial charge in [0.1, 0.15) is 10.7 Å². The van der Waals surface area contributed by atoms with Crippen molar-refractivity contribution in [1.29, 1.82) is 0 Å². The maximum Gasteiger partial charge on any atom is 0.246 e. The van der Waals surface area contributed by atoms with Crippen molar-refractivity contribution < 1.29 is 8.42 Å². The summed E-state index contributed by atoms with van der Waals surface area (Å²) in [5.41, 5.74) is 0. The molecule has 1 heterocycles. The Kier molecular flexibility index (Phi) is 6.62. The molecule has 21 heavy (non-hydrogen) atoms. The smallest absolute Gasteiger partial charge is 0.246 e. The minimum atomic E-state index is -3.58. The summed E-state index contributed by atoms with van der Waals surface area (Å²) in [6.45, 7) is 9.05. The van der Waals surface area contributed by atoms with E-state index in [-0.39, 0.29) is 16.7 Å². The quantitative estimate of drug-likeness (QED) is 0.792. The number of sulfonamides is 1. The highest BCUT2D eigenvalue weighted by atomic mass is 79.9. The number of aromatic nitrogens is 1. The third-order valence-corrected chi connectivity index (χ3v) is 5.09. The van der Waals surface area contributed by atoms with Crippen LogP contribution in [0.15, 0.2) is 21.6 Å². The normalized spacial score (nSPS) is 12.4. The predicted molar refractivity (Wildman–Crippen MR) is 89.9 cm³/mol. The SMILES string of the molecule is CNc1ncc(Br)cc1S(=O)(=O)N(CC(C)C)CC(C)C. The van der Waals surface area contributed by atoms with Crippen molar-refractivity contribution in [2.45, 2.75) is 32.6 Å². The molecule has 0 saturated heterocycles. The van der Waals surface area contributed by atoms with Crippen molar-refractivity contribution in [2.24, 2.45) is 11.8 Å². The maximum atomic E-state index is 13.0. The minimum Gasteiger partial charge on any atom is -0.372 e. The Hall–Kier alpha value is -0.660. The maximum absolute atomic E-state index is 13.0. The van der Waals surface area contributed by atoms with Gasteiger partial charge in [-0.2, -0.15) is 4.31 Å². The van der Waals surface area contributed by atoms with Crippen LogP contribution in [0, 0.1) is 11.8 Å². The monoisotopic (exact) mass is 377 g/mol. The Bertz CT molecular complexity index is 564. The molecule has 0 atom stereocenters. The second-order valence-electron chi connectivity index (χ2n) is 5.86. The van der Waals surface area contributed by atoms with E-state index in [1.807, 2.05) is 27.7 Å². The van der Waals surface area contributed by atoms with Gasteiger partial charge in [0, 0.05) is 30.8 Å². The number of pyridine rings is 1. The molecule has 0 fully saturated rings. The molecule has 0 radical (unpaired) electrons. The molecule has 0 aliphatic heterocycles. The molecule has 0 saturated carbocycles. The van der Waals surface area contributed by atoms with E-state index in [0.29, 0.717) is 23.4 Å². The Morgan fingerprint density at radius 1 is 1.24 bits per heavy atom. The lowest BCUT2D eigenvalue weighted by Gasteiger charge is -2.26. The second-order valence-corrected chi connectivity index (χ2v) is 8.68. The van der Waals surface area contributed by atoms with Gasteiger partial charge in [-0.15, -0.1) is 0 Å². The molecule has 1 rings (SSSR count). The van der Waals surface area contributed by atoms with Crippen LogP contribution < -0.4 is 5.32 Å². The average molecular weight is 378 g/mol. The molecule has 1 aromatic rings. The Morgan fingerprint density at radius 3 is 2.19 bits per heavy atom. The van der Waals surface area contributed by atoms with Gasteiger partial charge >= 0.3 is 0 Å². The van der Waals surface area contributed by atoms with Gasteiger partial charge in [-0.05, 0) is 33.8 Å². The first-order valence-corrected chi connectivity index (χ1v) is 9.25. The highest BCUT2D eigenvalue weighted by Gasteiger charge is 2.29. The molecule has 1 aromatic heterocycles. The number of hydrogen-bond donors (Lipinski definition) is 1. The molecular formula is C14H24BrN3O2S. The van der Waals surface area contributed by atoms with Gasteiger partial charge in [0.2, 0.25) is 10.0 Å². The zero-order valence-electron chi connectivity index (χ0n) is 13.2. The number of rotatable bonds is 7. The average Bonchev–Trinajstić information content (AvgIpc) is 2.36. The van der Waals surface area contributed by atoms with E-state index in [4.69, 9.17) is 0 Å². The van der Waals surface area contributed by atoms with Crippen LogP contribution in [-0.4, -0.2) is 37.8 Å². The van der Waals surface area contributed by atoms with Gasteiger partial charge in [-0.25, -0.2) is 13.4 Å². The van der Waals surface area contributed by atoms with Gasteiger partial charge in [-0.1, -0.05) is 27.7 Å². The van der Waals surface area contributed by atoms with E-state index in [0.717, 1.165) is 0 Å². The Labute approximate surface area is 136 Å². The first-order valence-electron chi connectivity index (χ1n) is 7.02. The number of hydrogen-bond acceptors (Lipinski definition) is 4. The highest BCUT2D eigenvalue weighted by molar-refractivity contribution is 9.10. The van der Waals surface area contributed by atoms with Crippen LogP contribution in [0.2, 0.25) is 0 Å². The van der Waals surface area contributed by atoms with E-state index < -0.39 is 10.0 Å². The largest absolute Gasteiger partial charge is 0.372 e. The molecule has 120 valence electrons. The van der Waals surface area contributed by atoms with Crippen LogP contribution in [0.4, 0.5) is 5.82 Å². The van der Waals surface area contributed by atoms with Crippen LogP contribution >= 0.6 is 15.9 Å². The van der Waals surface area contributed by atoms with E-state index in [1.54, 1.807) is 23.6 Å². The van der Waals surface area contributed by atoms with Crippen molar-refractivity contribution in [1.82, 2.24) is 9.29 Å². The van der Waals surface area contributed by atoms with Crippen molar-refractivity contribution in [2.75, 3.05) is 25.5 Å². The van der Waals surface area contributed by atoms with Gasteiger partial charge in [-0.3, -0.25) is 0 Å². The molecule has 0 unspecified atom stereocenters. The molecule has 1 N–H and O–H groups in total. The van der Waals surface area contributed by atoms with Crippen molar-refractivity contribution in [3.05, 3.63) is 16.7 Å². The zero-order chi connectivity index (χ0) is 16.2. The first kappa shape index (κ1) is 18.4. The van der Waals surface area contributed by atoms with Crippen molar-refractivity contribution in [3.8, 4) is 0 Å². The summed E-state index contributed by atoms with van der Waals surface area (Å²) in [6, 6.07) is 1.60. The summed E-state index contributed by atoms with van der Waals surface area (Å²) < 4.78 is 28.1. The molecule has 0 spiro atoms. The van der Waals surface area contributed by atoms with Crippen LogP contribution in [0.3, 0.4) is 0 Å². The molecule has 0 aromatic carbocycles. The molecule has 5 nitrogen and oxygen atoms in total. The lowest BCUT2D eigenvalue weighted by molar-refractivity contribution is 0.333. The van der Waals surface area contributed by atoms with Crippen molar-refractivity contribution >= 4 is 31.8 Å². The summed E-state index contributed by atoms with van der Waals surface area (Å²) in [7, 11) is -1.91. The van der Waals surface area contributed by atoms with Crippen molar-refractivity contribution in [3.63, 3.8) is 0 Å². The van der Waals surface area contributed by atoms with Gasteiger partial charge in [0.05, 0.1) is 0 Å². The minimum absolute atomic E-state index is 0.209. The van der Waals surface area contributed by atoms with Gasteiger partial charge in [0.15, 0.2) is 0 Å². The van der Waals surface area contributed by atoms with E-state index in [1.165, 1.54) is 0 Å². The van der Waals surface area contributed by atoms with Crippen LogP contribution in [0.1, 0.15) is 27.7 Å². The fraction of sp³-hybridized carbons (Fsp3) is 0.643. The Balaban J connectivity index is 3.30. The number of anilines is 1. The first-order chi connectivity index (χ1) is 9.68. The van der Waals surface area contributed by atoms with E-state index in [2.05, 4.69) is 26.2 Å². The number of nitrogens with zero attached hydrogens (tertiary/aromatic N) is 2. The molecule has 0 amide bonds. The van der Waals surface area contributed by atoms with Gasteiger partial charge < -0.3 is 5.32 Å².